The smallest absolute Gasteiger partial charge is 0.213 e. The van der Waals surface area contributed by atoms with E-state index in [1.807, 2.05) is 42.5 Å². The summed E-state index contributed by atoms with van der Waals surface area (Å²) in [4.78, 5) is 8.41. The van der Waals surface area contributed by atoms with Gasteiger partial charge in [-0.25, -0.2) is 4.98 Å². The number of pyridine rings is 1. The van der Waals surface area contributed by atoms with Gasteiger partial charge in [0.2, 0.25) is 5.88 Å². The first-order valence-electron chi connectivity index (χ1n) is 5.74. The maximum Gasteiger partial charge on any atom is 0.213 e. The predicted molar refractivity (Wildman–Crippen MR) is 82.3 cm³/mol. The van der Waals surface area contributed by atoms with E-state index in [-0.39, 0.29) is 0 Å². The van der Waals surface area contributed by atoms with E-state index in [1.54, 1.807) is 25.6 Å². The fourth-order valence-corrected chi connectivity index (χ4v) is 1.82. The molecule has 0 bridgehead atoms. The van der Waals surface area contributed by atoms with Crippen LogP contribution in [0.25, 0.3) is 6.08 Å². The summed E-state index contributed by atoms with van der Waals surface area (Å²) < 4.78 is 5.89. The Balaban J connectivity index is 2.07. The van der Waals surface area contributed by atoms with Crippen molar-refractivity contribution >= 4 is 33.9 Å². The SMILES string of the molecule is COc1ccc(N=C/C(Br)=C/c2ccccc2)cn1. The highest BCUT2D eigenvalue weighted by Crippen LogP contribution is 2.16. The lowest BCUT2D eigenvalue weighted by Crippen LogP contribution is -1.84. The summed E-state index contributed by atoms with van der Waals surface area (Å²) in [5, 5.41) is 0. The van der Waals surface area contributed by atoms with Gasteiger partial charge in [-0.2, -0.15) is 0 Å². The van der Waals surface area contributed by atoms with Gasteiger partial charge >= 0.3 is 0 Å². The van der Waals surface area contributed by atoms with Crippen LogP contribution in [-0.4, -0.2) is 18.3 Å². The van der Waals surface area contributed by atoms with Crippen molar-refractivity contribution in [2.45, 2.75) is 0 Å². The minimum absolute atomic E-state index is 0.581. The summed E-state index contributed by atoms with van der Waals surface area (Å²) in [5.41, 5.74) is 1.90. The van der Waals surface area contributed by atoms with Crippen LogP contribution in [0.5, 0.6) is 5.88 Å². The molecule has 1 aromatic heterocycles. The molecule has 0 fully saturated rings. The maximum absolute atomic E-state index is 4.99. The number of allylic oxidation sites excluding steroid dienone is 1. The number of rotatable bonds is 4. The lowest BCUT2D eigenvalue weighted by atomic mass is 10.2. The number of aliphatic imine (C=N–C) groups is 1. The molecule has 96 valence electrons. The maximum atomic E-state index is 4.99. The highest BCUT2D eigenvalue weighted by Gasteiger charge is 1.93. The molecule has 0 N–H and O–H groups in total. The second-order valence-electron chi connectivity index (χ2n) is 3.76. The van der Waals surface area contributed by atoms with E-state index in [0.29, 0.717) is 5.88 Å². The Morgan fingerprint density at radius 2 is 2.00 bits per heavy atom. The molecule has 0 saturated carbocycles. The minimum Gasteiger partial charge on any atom is -0.481 e. The van der Waals surface area contributed by atoms with Crippen LogP contribution in [0.4, 0.5) is 5.69 Å². The summed E-state index contributed by atoms with van der Waals surface area (Å²) in [6.45, 7) is 0. The monoisotopic (exact) mass is 316 g/mol. The standard InChI is InChI=1S/C15H13BrN2O/c1-19-15-8-7-14(11-18-15)17-10-13(16)9-12-5-3-2-4-6-12/h2-11H,1H3/b13-9-,17-10?. The molecule has 0 spiro atoms. The second kappa shape index (κ2) is 6.85. The number of hydrogen-bond donors (Lipinski definition) is 0. The topological polar surface area (TPSA) is 34.5 Å². The van der Waals surface area contributed by atoms with E-state index in [1.165, 1.54) is 0 Å². The average Bonchev–Trinajstić information content (AvgIpc) is 2.47. The molecule has 0 aliphatic heterocycles. The molecule has 0 radical (unpaired) electrons. The van der Waals surface area contributed by atoms with Crippen LogP contribution in [0.15, 0.2) is 58.1 Å². The first-order valence-corrected chi connectivity index (χ1v) is 6.53. The van der Waals surface area contributed by atoms with Crippen molar-refractivity contribution in [1.29, 1.82) is 0 Å². The fraction of sp³-hybridized carbons (Fsp3) is 0.0667. The van der Waals surface area contributed by atoms with Crippen LogP contribution in [0, 0.1) is 0 Å². The van der Waals surface area contributed by atoms with Gasteiger partial charge < -0.3 is 4.74 Å². The van der Waals surface area contributed by atoms with E-state index in [0.717, 1.165) is 15.7 Å². The van der Waals surface area contributed by atoms with Gasteiger partial charge in [0.25, 0.3) is 0 Å². The van der Waals surface area contributed by atoms with Crippen molar-refractivity contribution in [3.05, 3.63) is 58.7 Å². The molecular weight excluding hydrogens is 304 g/mol. The summed E-state index contributed by atoms with van der Waals surface area (Å²) in [7, 11) is 1.59. The van der Waals surface area contributed by atoms with Crippen LogP contribution in [0.2, 0.25) is 0 Å². The van der Waals surface area contributed by atoms with Crippen LogP contribution < -0.4 is 4.74 Å². The van der Waals surface area contributed by atoms with Crippen molar-refractivity contribution in [1.82, 2.24) is 4.98 Å². The molecular formula is C15H13BrN2O. The van der Waals surface area contributed by atoms with Gasteiger partial charge in [0.05, 0.1) is 19.0 Å². The molecule has 0 aliphatic carbocycles. The van der Waals surface area contributed by atoms with E-state index < -0.39 is 0 Å². The molecule has 0 atom stereocenters. The molecule has 0 unspecified atom stereocenters. The Hall–Kier alpha value is -1.94. The third kappa shape index (κ3) is 4.34. The van der Waals surface area contributed by atoms with Crippen molar-refractivity contribution < 1.29 is 4.74 Å². The Labute approximate surface area is 120 Å². The number of methoxy groups -OCH3 is 1. The van der Waals surface area contributed by atoms with E-state index in [9.17, 15) is 0 Å². The van der Waals surface area contributed by atoms with Crippen LogP contribution in [-0.2, 0) is 0 Å². The number of nitrogens with zero attached hydrogens (tertiary/aromatic N) is 2. The van der Waals surface area contributed by atoms with Crippen molar-refractivity contribution in [3.63, 3.8) is 0 Å². The molecule has 0 amide bonds. The molecule has 1 heterocycles. The zero-order valence-electron chi connectivity index (χ0n) is 10.5. The minimum atomic E-state index is 0.581. The number of halogens is 1. The Bertz CT molecular complexity index is 577. The average molecular weight is 317 g/mol. The summed E-state index contributed by atoms with van der Waals surface area (Å²) in [6.07, 6.45) is 5.41. The van der Waals surface area contributed by atoms with Gasteiger partial charge in [0.15, 0.2) is 0 Å². The Morgan fingerprint density at radius 1 is 1.21 bits per heavy atom. The quantitative estimate of drug-likeness (QED) is 0.791. The zero-order chi connectivity index (χ0) is 13.5. The molecule has 19 heavy (non-hydrogen) atoms. The fourth-order valence-electron chi connectivity index (χ4n) is 1.45. The number of aromatic nitrogens is 1. The molecule has 1 aromatic carbocycles. The lowest BCUT2D eigenvalue weighted by Gasteiger charge is -1.97. The van der Waals surface area contributed by atoms with Gasteiger partial charge in [0.1, 0.15) is 0 Å². The van der Waals surface area contributed by atoms with Gasteiger partial charge in [0, 0.05) is 16.8 Å². The second-order valence-corrected chi connectivity index (χ2v) is 4.67. The first-order chi connectivity index (χ1) is 9.28. The van der Waals surface area contributed by atoms with Crippen molar-refractivity contribution in [3.8, 4) is 5.88 Å². The Kier molecular flexibility index (Phi) is 4.86. The van der Waals surface area contributed by atoms with Crippen LogP contribution in [0.1, 0.15) is 5.56 Å². The van der Waals surface area contributed by atoms with E-state index in [2.05, 4.69) is 25.9 Å². The first kappa shape index (κ1) is 13.5. The van der Waals surface area contributed by atoms with Gasteiger partial charge in [-0.15, -0.1) is 0 Å². The normalized spacial score (nSPS) is 11.8. The van der Waals surface area contributed by atoms with E-state index in [4.69, 9.17) is 4.74 Å². The van der Waals surface area contributed by atoms with Crippen LogP contribution >= 0.6 is 15.9 Å². The van der Waals surface area contributed by atoms with Gasteiger partial charge in [-0.3, -0.25) is 4.99 Å². The molecule has 2 aromatic rings. The van der Waals surface area contributed by atoms with Crippen LogP contribution in [0.3, 0.4) is 0 Å². The van der Waals surface area contributed by atoms with E-state index >= 15 is 0 Å². The molecule has 3 nitrogen and oxygen atoms in total. The van der Waals surface area contributed by atoms with Gasteiger partial charge in [-0.05, 0) is 33.6 Å². The lowest BCUT2D eigenvalue weighted by molar-refractivity contribution is 0.398. The largest absolute Gasteiger partial charge is 0.481 e. The van der Waals surface area contributed by atoms with Gasteiger partial charge in [-0.1, -0.05) is 30.3 Å². The molecule has 4 heteroatoms. The van der Waals surface area contributed by atoms with Crippen molar-refractivity contribution in [2.75, 3.05) is 7.11 Å². The Morgan fingerprint density at radius 3 is 2.63 bits per heavy atom. The zero-order valence-corrected chi connectivity index (χ0v) is 12.0. The molecule has 0 aliphatic rings. The number of benzene rings is 1. The van der Waals surface area contributed by atoms with Crippen molar-refractivity contribution in [2.24, 2.45) is 4.99 Å². The number of hydrogen-bond acceptors (Lipinski definition) is 3. The summed E-state index contributed by atoms with van der Waals surface area (Å²) >= 11 is 3.47. The summed E-state index contributed by atoms with van der Waals surface area (Å²) in [5.74, 6) is 0.581. The predicted octanol–water partition coefficient (Wildman–Crippen LogP) is 4.23. The molecule has 2 rings (SSSR count). The molecule has 0 saturated heterocycles. The third-order valence-electron chi connectivity index (χ3n) is 2.37. The summed E-state index contributed by atoms with van der Waals surface area (Å²) in [6, 6.07) is 13.7. The third-order valence-corrected chi connectivity index (χ3v) is 2.80. The number of ether oxygens (including phenoxy) is 1. The highest BCUT2D eigenvalue weighted by molar-refractivity contribution is 9.12. The highest BCUT2D eigenvalue weighted by atomic mass is 79.9.